The fraction of sp³-hybridized carbons (Fsp3) is 0.727. The van der Waals surface area contributed by atoms with Crippen LogP contribution < -0.4 is 0 Å². The van der Waals surface area contributed by atoms with E-state index in [0.717, 1.165) is 0 Å². The quantitative estimate of drug-likeness (QED) is 0.489. The van der Waals surface area contributed by atoms with Crippen LogP contribution in [-0.4, -0.2) is 24.1 Å². The van der Waals surface area contributed by atoms with Gasteiger partial charge in [0.25, 0.3) is 0 Å². The molecule has 8 fully saturated rings. The zero-order chi connectivity index (χ0) is 16.1. The molecule has 12 aliphatic rings. The van der Waals surface area contributed by atoms with E-state index in [-0.39, 0.29) is 36.0 Å². The van der Waals surface area contributed by atoms with E-state index in [2.05, 4.69) is 0 Å². The van der Waals surface area contributed by atoms with E-state index in [1.54, 1.807) is 22.3 Å². The third-order valence-corrected chi connectivity index (χ3v) is 11.8. The fourth-order valence-electron chi connectivity index (χ4n) is 12.4. The second kappa shape index (κ2) is 2.67. The predicted molar refractivity (Wildman–Crippen MR) is 82.7 cm³/mol. The Hall–Kier alpha value is -1.58. The summed E-state index contributed by atoms with van der Waals surface area (Å²) in [5, 5.41) is 0. The van der Waals surface area contributed by atoms with E-state index >= 15 is 0 Å². The molecule has 4 saturated carbocycles. The van der Waals surface area contributed by atoms with Crippen molar-refractivity contribution in [2.75, 3.05) is 0 Å². The molecule has 8 atom stereocenters. The third-order valence-electron chi connectivity index (χ3n) is 11.8. The lowest BCUT2D eigenvalue weighted by Gasteiger charge is -2.28. The highest BCUT2D eigenvalue weighted by Crippen LogP contribution is 2.89. The number of carbonyl (C=O) groups is 2. The van der Waals surface area contributed by atoms with Crippen LogP contribution in [0, 0.1) is 82.9 Å². The molecule has 0 radical (unpaired) electrons. The van der Waals surface area contributed by atoms with Gasteiger partial charge in [-0.1, -0.05) is 22.3 Å². The number of hydrogen-bond donors (Lipinski definition) is 0. The normalized spacial score (nSPS) is 76.2. The molecule has 0 aromatic heterocycles. The molecule has 4 bridgehead atoms. The first-order valence-corrected chi connectivity index (χ1v) is 10.7. The van der Waals surface area contributed by atoms with Gasteiger partial charge in [-0.05, 0) is 47.3 Å². The highest BCUT2D eigenvalue weighted by molar-refractivity contribution is 5.85. The van der Waals surface area contributed by atoms with Gasteiger partial charge in [0.15, 0.2) is 0 Å². The van der Waals surface area contributed by atoms with Gasteiger partial charge in [0, 0.05) is 23.7 Å². The van der Waals surface area contributed by atoms with Crippen LogP contribution in [0.1, 0.15) is 0 Å². The van der Waals surface area contributed by atoms with Crippen molar-refractivity contribution in [3.63, 3.8) is 0 Å². The molecule has 8 aliphatic carbocycles. The first kappa shape index (κ1) is 11.3. The Morgan fingerprint density at radius 3 is 1.08 bits per heavy atom. The van der Waals surface area contributed by atoms with Crippen LogP contribution in [0.3, 0.4) is 0 Å². The maximum Gasteiger partial charge on any atom is 0.310 e. The zero-order valence-corrected chi connectivity index (χ0v) is 13.9. The molecule has 4 heterocycles. The van der Waals surface area contributed by atoms with Crippen LogP contribution in [0.25, 0.3) is 0 Å². The fourth-order valence-corrected chi connectivity index (χ4v) is 12.4. The Morgan fingerprint density at radius 2 is 0.731 bits per heavy atom. The number of hydrogen-bond acceptors (Lipinski definition) is 4. The molecule has 0 amide bonds. The van der Waals surface area contributed by atoms with Crippen LogP contribution in [0.2, 0.25) is 0 Å². The number of carbonyl (C=O) groups excluding carboxylic acids is 2. The van der Waals surface area contributed by atoms with Crippen molar-refractivity contribution in [2.24, 2.45) is 82.9 Å². The lowest BCUT2D eigenvalue weighted by Crippen LogP contribution is -2.31. The number of fused-ring (bicyclic) bond motifs is 2. The second-order valence-corrected chi connectivity index (χ2v) is 11.2. The van der Waals surface area contributed by atoms with Crippen molar-refractivity contribution >= 4 is 11.9 Å². The molecule has 8 unspecified atom stereocenters. The van der Waals surface area contributed by atoms with E-state index < -0.39 is 0 Å². The smallest absolute Gasteiger partial charge is 0.310 e. The Morgan fingerprint density at radius 1 is 0.423 bits per heavy atom. The number of esters is 2. The third kappa shape index (κ3) is 0.644. The van der Waals surface area contributed by atoms with Gasteiger partial charge in [-0.15, -0.1) is 0 Å². The minimum absolute atomic E-state index is 0.0948. The Bertz CT molecular complexity index is 922. The first-order chi connectivity index (χ1) is 12.8. The second-order valence-electron chi connectivity index (χ2n) is 11.2. The van der Waals surface area contributed by atoms with Gasteiger partial charge >= 0.3 is 11.9 Å². The summed E-state index contributed by atoms with van der Waals surface area (Å²) in [6.07, 6.45) is 0.258. The Balaban J connectivity index is 1.46. The molecule has 0 N–H and O–H groups in total. The van der Waals surface area contributed by atoms with Crippen molar-refractivity contribution in [2.45, 2.75) is 12.2 Å². The summed E-state index contributed by atoms with van der Waals surface area (Å²) in [4.78, 5) is 26.5. The average molecular weight is 344 g/mol. The lowest BCUT2D eigenvalue weighted by atomic mass is 9.73. The Kier molecular flexibility index (Phi) is 1.16. The summed E-state index contributed by atoms with van der Waals surface area (Å²) in [6, 6.07) is 0. The number of rotatable bonds is 0. The van der Waals surface area contributed by atoms with Crippen molar-refractivity contribution in [1.82, 2.24) is 0 Å². The molecule has 4 heteroatoms. The topological polar surface area (TPSA) is 52.6 Å². The van der Waals surface area contributed by atoms with Gasteiger partial charge in [0.05, 0.1) is 11.8 Å². The minimum atomic E-state index is 0.0948. The summed E-state index contributed by atoms with van der Waals surface area (Å²) < 4.78 is 12.6. The summed E-state index contributed by atoms with van der Waals surface area (Å²) in [5.41, 5.74) is 6.63. The van der Waals surface area contributed by atoms with Gasteiger partial charge in [-0.3, -0.25) is 9.59 Å². The van der Waals surface area contributed by atoms with Gasteiger partial charge < -0.3 is 9.47 Å². The largest absolute Gasteiger partial charge is 0.461 e. The van der Waals surface area contributed by atoms with Gasteiger partial charge in [0.1, 0.15) is 12.2 Å². The van der Waals surface area contributed by atoms with Gasteiger partial charge in [0.2, 0.25) is 0 Å². The molecule has 26 heavy (non-hydrogen) atoms. The van der Waals surface area contributed by atoms with Crippen LogP contribution in [-0.2, 0) is 19.1 Å². The van der Waals surface area contributed by atoms with Crippen LogP contribution in [0.5, 0.6) is 0 Å². The van der Waals surface area contributed by atoms with Crippen molar-refractivity contribution in [3.8, 4) is 0 Å². The molecule has 12 rings (SSSR count). The van der Waals surface area contributed by atoms with Crippen LogP contribution >= 0.6 is 0 Å². The maximum absolute atomic E-state index is 13.2. The number of ether oxygens (including phenoxy) is 2. The lowest BCUT2D eigenvalue weighted by molar-refractivity contribution is -0.157. The zero-order valence-electron chi connectivity index (χ0n) is 13.9. The molecule has 128 valence electrons. The molecule has 4 saturated heterocycles. The maximum atomic E-state index is 13.2. The van der Waals surface area contributed by atoms with E-state index in [4.69, 9.17) is 9.47 Å². The highest BCUT2D eigenvalue weighted by Gasteiger charge is 2.89. The van der Waals surface area contributed by atoms with Crippen molar-refractivity contribution in [1.29, 1.82) is 0 Å². The van der Waals surface area contributed by atoms with Crippen LogP contribution in [0.4, 0.5) is 0 Å². The molecular weight excluding hydrogens is 328 g/mol. The van der Waals surface area contributed by atoms with E-state index in [0.29, 0.717) is 71.0 Å². The van der Waals surface area contributed by atoms with E-state index in [1.807, 2.05) is 0 Å². The van der Waals surface area contributed by atoms with E-state index in [1.165, 1.54) is 0 Å². The first-order valence-electron chi connectivity index (χ1n) is 10.7. The minimum Gasteiger partial charge on any atom is -0.461 e. The predicted octanol–water partition coefficient (Wildman–Crippen LogP) is 1.18. The summed E-state index contributed by atoms with van der Waals surface area (Å²) >= 11 is 0. The standard InChI is InChI=1S/C22H16O4/c23-21-17-7-1-2-9(17)5-6-10(2)18-8(1)4-3(7)13-11-12(15(5)19(13)25-21)16(6)20(14(4)11)26-22(18)24/h1-2,7-20H. The summed E-state index contributed by atoms with van der Waals surface area (Å²) in [5.74, 6) is 6.36. The average Bonchev–Trinajstić information content (AvgIpc) is 3.34. The molecule has 4 nitrogen and oxygen atoms in total. The summed E-state index contributed by atoms with van der Waals surface area (Å²) in [6.45, 7) is 0. The molecule has 0 spiro atoms. The van der Waals surface area contributed by atoms with Crippen molar-refractivity contribution in [3.05, 3.63) is 22.3 Å². The van der Waals surface area contributed by atoms with Crippen molar-refractivity contribution < 1.29 is 19.1 Å². The van der Waals surface area contributed by atoms with Gasteiger partial charge in [-0.25, -0.2) is 0 Å². The van der Waals surface area contributed by atoms with Crippen LogP contribution in [0.15, 0.2) is 22.3 Å². The monoisotopic (exact) mass is 344 g/mol. The molecule has 0 aromatic carbocycles. The van der Waals surface area contributed by atoms with Gasteiger partial charge in [-0.2, -0.15) is 0 Å². The molecular formula is C22H16O4. The SMILES string of the molecule is O=C1OC2C3C4=C5C6C7OC(=O)C8C5C5C4C1C1C4=C(C7C(C42)C36)C8C15. The molecule has 4 aliphatic heterocycles. The highest BCUT2D eigenvalue weighted by atomic mass is 16.6. The van der Waals surface area contributed by atoms with E-state index in [9.17, 15) is 9.59 Å². The Labute approximate surface area is 149 Å². The summed E-state index contributed by atoms with van der Waals surface area (Å²) in [7, 11) is 0. The molecule has 0 aromatic rings.